The number of halogens is 1. The normalized spacial score (nSPS) is 11.6. The third-order valence-electron chi connectivity index (χ3n) is 1.59. The van der Waals surface area contributed by atoms with Gasteiger partial charge in [0.1, 0.15) is 0 Å². The molecule has 0 spiro atoms. The number of rotatable bonds is 0. The standard InChI is InChI=1S/C9H12FN/c1-9(2,3)7-4-5-8(10)11-6-7/h4-6H,1-3H3/i10-1. The topological polar surface area (TPSA) is 12.9 Å². The van der Waals surface area contributed by atoms with E-state index in [2.05, 4.69) is 25.8 Å². The minimum atomic E-state index is -0.419. The molecule has 2 heteroatoms. The minimum Gasteiger partial charge on any atom is -0.228 e. The van der Waals surface area contributed by atoms with Crippen LogP contribution in [0.3, 0.4) is 0 Å². The zero-order chi connectivity index (χ0) is 8.48. The maximum Gasteiger partial charge on any atom is 0.212 e. The van der Waals surface area contributed by atoms with Crippen LogP contribution in [-0.2, 0) is 5.41 Å². The largest absolute Gasteiger partial charge is 0.228 e. The summed E-state index contributed by atoms with van der Waals surface area (Å²) < 4.78 is 12.4. The van der Waals surface area contributed by atoms with Crippen LogP contribution >= 0.6 is 0 Å². The SMILES string of the molecule is CC(C)(C)c1ccc([18F])nc1. The molecule has 1 aromatic heterocycles. The molecule has 1 nitrogen and oxygen atoms in total. The van der Waals surface area contributed by atoms with Crippen LogP contribution in [0.1, 0.15) is 26.3 Å². The highest BCUT2D eigenvalue weighted by Crippen LogP contribution is 2.20. The summed E-state index contributed by atoms with van der Waals surface area (Å²) in [6.07, 6.45) is 1.58. The molecule has 0 amide bonds. The van der Waals surface area contributed by atoms with Crippen molar-refractivity contribution in [2.75, 3.05) is 0 Å². The van der Waals surface area contributed by atoms with Crippen molar-refractivity contribution in [1.82, 2.24) is 4.98 Å². The number of aromatic nitrogens is 1. The van der Waals surface area contributed by atoms with E-state index in [-0.39, 0.29) is 5.41 Å². The Bertz CT molecular complexity index is 233. The van der Waals surface area contributed by atoms with Crippen molar-refractivity contribution in [3.63, 3.8) is 0 Å². The van der Waals surface area contributed by atoms with E-state index in [0.29, 0.717) is 0 Å². The second kappa shape index (κ2) is 2.61. The number of pyridine rings is 1. The van der Waals surface area contributed by atoms with Crippen molar-refractivity contribution in [1.29, 1.82) is 0 Å². The van der Waals surface area contributed by atoms with Crippen molar-refractivity contribution in [3.05, 3.63) is 29.8 Å². The lowest BCUT2D eigenvalue weighted by Gasteiger charge is -2.17. The van der Waals surface area contributed by atoms with Crippen LogP contribution in [0.5, 0.6) is 0 Å². The van der Waals surface area contributed by atoms with Gasteiger partial charge >= 0.3 is 0 Å². The van der Waals surface area contributed by atoms with E-state index in [4.69, 9.17) is 0 Å². The number of hydrogen-bond donors (Lipinski definition) is 0. The van der Waals surface area contributed by atoms with E-state index in [9.17, 15) is 4.39 Å². The summed E-state index contributed by atoms with van der Waals surface area (Å²) in [5.74, 6) is -0.419. The summed E-state index contributed by atoms with van der Waals surface area (Å²) in [7, 11) is 0. The lowest BCUT2D eigenvalue weighted by molar-refractivity contribution is 0.559. The van der Waals surface area contributed by atoms with Gasteiger partial charge in [0.25, 0.3) is 0 Å². The summed E-state index contributed by atoms with van der Waals surface area (Å²) in [5, 5.41) is 0. The molecular formula is C9H12FN. The Kier molecular flexibility index (Phi) is 1.94. The molecule has 1 aromatic rings. The average Bonchev–Trinajstić information content (AvgIpc) is 1.86. The monoisotopic (exact) mass is 152 g/mol. The smallest absolute Gasteiger partial charge is 0.212 e. The van der Waals surface area contributed by atoms with Crippen LogP contribution in [0.2, 0.25) is 0 Å². The van der Waals surface area contributed by atoms with Gasteiger partial charge in [0.2, 0.25) is 5.95 Å². The highest BCUT2D eigenvalue weighted by molar-refractivity contribution is 5.18. The number of nitrogens with zero attached hydrogens (tertiary/aromatic N) is 1. The maximum atomic E-state index is 12.4. The Morgan fingerprint density at radius 3 is 2.27 bits per heavy atom. The van der Waals surface area contributed by atoms with Crippen LogP contribution in [0.25, 0.3) is 0 Å². The zero-order valence-corrected chi connectivity index (χ0v) is 7.06. The molecule has 0 saturated heterocycles. The van der Waals surface area contributed by atoms with Gasteiger partial charge < -0.3 is 0 Å². The second-order valence-electron chi connectivity index (χ2n) is 3.62. The maximum absolute atomic E-state index is 12.4. The average molecular weight is 152 g/mol. The van der Waals surface area contributed by atoms with E-state index < -0.39 is 5.95 Å². The third kappa shape index (κ3) is 2.00. The van der Waals surface area contributed by atoms with Crippen molar-refractivity contribution in [2.45, 2.75) is 26.2 Å². The molecule has 0 bridgehead atoms. The Morgan fingerprint density at radius 2 is 1.91 bits per heavy atom. The molecule has 0 saturated carbocycles. The molecule has 0 atom stereocenters. The van der Waals surface area contributed by atoms with Crippen LogP contribution in [0, 0.1) is 5.95 Å². The molecule has 0 aliphatic carbocycles. The van der Waals surface area contributed by atoms with Gasteiger partial charge in [0.05, 0.1) is 0 Å². The summed E-state index contributed by atoms with van der Waals surface area (Å²) >= 11 is 0. The molecule has 0 aliphatic heterocycles. The van der Waals surface area contributed by atoms with Crippen molar-refractivity contribution < 1.29 is 4.39 Å². The van der Waals surface area contributed by atoms with E-state index >= 15 is 0 Å². The number of hydrogen-bond acceptors (Lipinski definition) is 1. The predicted octanol–water partition coefficient (Wildman–Crippen LogP) is 2.52. The molecule has 0 aliphatic rings. The molecule has 0 fully saturated rings. The van der Waals surface area contributed by atoms with Gasteiger partial charge in [0.15, 0.2) is 0 Å². The Balaban J connectivity index is 2.99. The summed E-state index contributed by atoms with van der Waals surface area (Å²) in [6.45, 7) is 6.21. The summed E-state index contributed by atoms with van der Waals surface area (Å²) in [6, 6.07) is 3.16. The van der Waals surface area contributed by atoms with Gasteiger partial charge in [-0.1, -0.05) is 26.8 Å². The van der Waals surface area contributed by atoms with Gasteiger partial charge in [-0.2, -0.15) is 4.39 Å². The lowest BCUT2D eigenvalue weighted by Crippen LogP contribution is -2.11. The molecular weight excluding hydrogens is 140 g/mol. The van der Waals surface area contributed by atoms with Gasteiger partial charge in [-0.05, 0) is 17.0 Å². The van der Waals surface area contributed by atoms with Crippen molar-refractivity contribution in [2.24, 2.45) is 0 Å². The highest BCUT2D eigenvalue weighted by Gasteiger charge is 2.13. The summed E-state index contributed by atoms with van der Waals surface area (Å²) in [4.78, 5) is 3.58. The third-order valence-corrected chi connectivity index (χ3v) is 1.59. The van der Waals surface area contributed by atoms with Crippen LogP contribution < -0.4 is 0 Å². The fourth-order valence-electron chi connectivity index (χ4n) is 0.819. The van der Waals surface area contributed by atoms with Crippen LogP contribution in [-0.4, -0.2) is 4.98 Å². The predicted molar refractivity (Wildman–Crippen MR) is 42.9 cm³/mol. The molecule has 1 heterocycles. The van der Waals surface area contributed by atoms with Crippen LogP contribution in [0.15, 0.2) is 18.3 Å². The lowest BCUT2D eigenvalue weighted by atomic mass is 9.88. The molecule has 11 heavy (non-hydrogen) atoms. The second-order valence-corrected chi connectivity index (χ2v) is 3.62. The van der Waals surface area contributed by atoms with E-state index in [1.54, 1.807) is 12.3 Å². The first kappa shape index (κ1) is 8.18. The zero-order valence-electron chi connectivity index (χ0n) is 7.06. The Hall–Kier alpha value is -0.920. The van der Waals surface area contributed by atoms with E-state index in [1.165, 1.54) is 6.07 Å². The Labute approximate surface area is 66.3 Å². The Morgan fingerprint density at radius 1 is 1.27 bits per heavy atom. The van der Waals surface area contributed by atoms with E-state index in [1.807, 2.05) is 0 Å². The van der Waals surface area contributed by atoms with Gasteiger partial charge in [-0.3, -0.25) is 0 Å². The van der Waals surface area contributed by atoms with Crippen molar-refractivity contribution in [3.8, 4) is 0 Å². The molecule has 0 unspecified atom stereocenters. The molecule has 1 rings (SSSR count). The van der Waals surface area contributed by atoms with Gasteiger partial charge in [-0.25, -0.2) is 4.98 Å². The first-order chi connectivity index (χ1) is 5.00. The molecule has 60 valence electrons. The quantitative estimate of drug-likeness (QED) is 0.520. The first-order valence-corrected chi connectivity index (χ1v) is 3.62. The van der Waals surface area contributed by atoms with Gasteiger partial charge in [-0.15, -0.1) is 0 Å². The van der Waals surface area contributed by atoms with E-state index in [0.717, 1.165) is 5.56 Å². The van der Waals surface area contributed by atoms with Crippen molar-refractivity contribution >= 4 is 0 Å². The minimum absolute atomic E-state index is 0.0562. The van der Waals surface area contributed by atoms with Crippen LogP contribution in [0.4, 0.5) is 4.39 Å². The fraction of sp³-hybridized carbons (Fsp3) is 0.444. The molecule has 0 N–H and O–H groups in total. The highest BCUT2D eigenvalue weighted by atomic mass is 18.2. The van der Waals surface area contributed by atoms with Gasteiger partial charge in [0, 0.05) is 6.20 Å². The molecule has 0 radical (unpaired) electrons. The fourth-order valence-corrected chi connectivity index (χ4v) is 0.819. The summed E-state index contributed by atoms with van der Waals surface area (Å²) in [5.41, 5.74) is 1.11. The molecule has 0 aromatic carbocycles. The first-order valence-electron chi connectivity index (χ1n) is 3.62.